The second-order valence-corrected chi connectivity index (χ2v) is 5.22. The molecule has 0 spiro atoms. The molecule has 0 saturated heterocycles. The first-order chi connectivity index (χ1) is 8.25. The molecule has 1 heterocycles. The van der Waals surface area contributed by atoms with E-state index in [0.717, 1.165) is 35.7 Å². The number of nitrogens with zero attached hydrogens (tertiary/aromatic N) is 1. The predicted octanol–water partition coefficient (Wildman–Crippen LogP) is 3.23. The molecule has 90 valence electrons. The number of aromatic nitrogens is 2. The number of aliphatic hydroxyl groups is 1. The van der Waals surface area contributed by atoms with E-state index in [2.05, 4.69) is 10.2 Å². The van der Waals surface area contributed by atoms with Crippen molar-refractivity contribution in [3.63, 3.8) is 0 Å². The minimum absolute atomic E-state index is 0.197. The Morgan fingerprint density at radius 3 is 2.94 bits per heavy atom. The van der Waals surface area contributed by atoms with Gasteiger partial charge in [0.2, 0.25) is 0 Å². The van der Waals surface area contributed by atoms with Gasteiger partial charge in [0.15, 0.2) is 0 Å². The summed E-state index contributed by atoms with van der Waals surface area (Å²) < 4.78 is 0. The summed E-state index contributed by atoms with van der Waals surface area (Å²) in [6, 6.07) is 3.85. The van der Waals surface area contributed by atoms with Crippen LogP contribution in [0.2, 0.25) is 5.02 Å². The van der Waals surface area contributed by atoms with Gasteiger partial charge in [-0.3, -0.25) is 5.10 Å². The van der Waals surface area contributed by atoms with Gasteiger partial charge in [-0.2, -0.15) is 5.10 Å². The number of benzene rings is 1. The minimum Gasteiger partial charge on any atom is -0.392 e. The quantitative estimate of drug-likeness (QED) is 0.816. The van der Waals surface area contributed by atoms with Crippen LogP contribution in [0.4, 0.5) is 0 Å². The number of nitrogens with one attached hydrogen (secondary N) is 1. The van der Waals surface area contributed by atoms with E-state index in [-0.39, 0.29) is 12.0 Å². The number of fused-ring (bicyclic) bond motifs is 1. The van der Waals surface area contributed by atoms with E-state index in [1.165, 1.54) is 6.42 Å². The SMILES string of the molecule is O[C@H]1CCCC[C@@H]1c1cc(Cl)cc2[nH]ncc12. The van der Waals surface area contributed by atoms with Crippen LogP contribution in [0.1, 0.15) is 37.2 Å². The lowest BCUT2D eigenvalue weighted by atomic mass is 9.80. The van der Waals surface area contributed by atoms with Gasteiger partial charge in [0.1, 0.15) is 0 Å². The van der Waals surface area contributed by atoms with Crippen molar-refractivity contribution in [3.8, 4) is 0 Å². The number of H-pyrrole nitrogens is 1. The van der Waals surface area contributed by atoms with Crippen LogP contribution in [0, 0.1) is 0 Å². The Balaban J connectivity index is 2.11. The van der Waals surface area contributed by atoms with Crippen LogP contribution in [0.15, 0.2) is 18.3 Å². The third-order valence-electron chi connectivity index (χ3n) is 3.68. The monoisotopic (exact) mass is 250 g/mol. The third kappa shape index (κ3) is 1.94. The summed E-state index contributed by atoms with van der Waals surface area (Å²) in [6.45, 7) is 0. The van der Waals surface area contributed by atoms with Gasteiger partial charge >= 0.3 is 0 Å². The highest BCUT2D eigenvalue weighted by Crippen LogP contribution is 2.37. The summed E-state index contributed by atoms with van der Waals surface area (Å²) in [6.07, 6.45) is 5.78. The van der Waals surface area contributed by atoms with Gasteiger partial charge in [-0.15, -0.1) is 0 Å². The lowest BCUT2D eigenvalue weighted by Gasteiger charge is -2.28. The van der Waals surface area contributed by atoms with Gasteiger partial charge in [-0.25, -0.2) is 0 Å². The van der Waals surface area contributed by atoms with Crippen molar-refractivity contribution in [2.24, 2.45) is 0 Å². The maximum Gasteiger partial charge on any atom is 0.0668 e. The molecule has 0 unspecified atom stereocenters. The number of hydrogen-bond acceptors (Lipinski definition) is 2. The van der Waals surface area contributed by atoms with Gasteiger partial charge in [-0.1, -0.05) is 24.4 Å². The summed E-state index contributed by atoms with van der Waals surface area (Å²) in [5.74, 6) is 0.197. The molecule has 1 aliphatic rings. The zero-order valence-electron chi connectivity index (χ0n) is 9.49. The summed E-state index contributed by atoms with van der Waals surface area (Å²) in [7, 11) is 0. The minimum atomic E-state index is -0.250. The number of rotatable bonds is 1. The molecule has 1 aliphatic carbocycles. The van der Waals surface area contributed by atoms with E-state index in [1.54, 1.807) is 0 Å². The average molecular weight is 251 g/mol. The Labute approximate surface area is 105 Å². The normalized spacial score (nSPS) is 25.3. The number of halogens is 1. The number of aromatic amines is 1. The van der Waals surface area contributed by atoms with Crippen LogP contribution in [0.5, 0.6) is 0 Å². The molecule has 1 aromatic carbocycles. The van der Waals surface area contributed by atoms with Crippen LogP contribution >= 0.6 is 11.6 Å². The maximum atomic E-state index is 10.1. The van der Waals surface area contributed by atoms with Gasteiger partial charge in [0.05, 0.1) is 17.8 Å². The zero-order chi connectivity index (χ0) is 11.8. The molecular formula is C13H15ClN2O. The van der Waals surface area contributed by atoms with Crippen molar-refractivity contribution in [2.75, 3.05) is 0 Å². The van der Waals surface area contributed by atoms with Gasteiger partial charge in [0.25, 0.3) is 0 Å². The fourth-order valence-electron chi connectivity index (χ4n) is 2.82. The topological polar surface area (TPSA) is 48.9 Å². The molecule has 0 bridgehead atoms. The summed E-state index contributed by atoms with van der Waals surface area (Å²) >= 11 is 6.12. The summed E-state index contributed by atoms with van der Waals surface area (Å²) in [5.41, 5.74) is 2.08. The fourth-order valence-corrected chi connectivity index (χ4v) is 3.05. The van der Waals surface area contributed by atoms with Crippen LogP contribution < -0.4 is 0 Å². The van der Waals surface area contributed by atoms with Crippen molar-refractivity contribution in [3.05, 3.63) is 28.9 Å². The molecule has 0 amide bonds. The third-order valence-corrected chi connectivity index (χ3v) is 3.90. The van der Waals surface area contributed by atoms with E-state index in [0.29, 0.717) is 5.02 Å². The van der Waals surface area contributed by atoms with Crippen LogP contribution in [0.25, 0.3) is 10.9 Å². The van der Waals surface area contributed by atoms with Crippen molar-refractivity contribution in [2.45, 2.75) is 37.7 Å². The molecule has 4 heteroatoms. The first-order valence-electron chi connectivity index (χ1n) is 6.06. The van der Waals surface area contributed by atoms with E-state index in [1.807, 2.05) is 18.3 Å². The molecule has 0 radical (unpaired) electrons. The molecular weight excluding hydrogens is 236 g/mol. The van der Waals surface area contributed by atoms with E-state index in [4.69, 9.17) is 11.6 Å². The summed E-state index contributed by atoms with van der Waals surface area (Å²) in [5, 5.41) is 18.9. The first-order valence-corrected chi connectivity index (χ1v) is 6.44. The Bertz CT molecular complexity index is 537. The molecule has 3 nitrogen and oxygen atoms in total. The molecule has 17 heavy (non-hydrogen) atoms. The molecule has 2 atom stereocenters. The highest BCUT2D eigenvalue weighted by atomic mass is 35.5. The van der Waals surface area contributed by atoms with Crippen LogP contribution in [-0.2, 0) is 0 Å². The van der Waals surface area contributed by atoms with E-state index in [9.17, 15) is 5.11 Å². The van der Waals surface area contributed by atoms with E-state index >= 15 is 0 Å². The first kappa shape index (κ1) is 11.1. The molecule has 3 rings (SSSR count). The Morgan fingerprint density at radius 1 is 1.29 bits per heavy atom. The van der Waals surface area contributed by atoms with Crippen molar-refractivity contribution >= 4 is 22.5 Å². The lowest BCUT2D eigenvalue weighted by molar-refractivity contribution is 0.107. The molecule has 0 aliphatic heterocycles. The van der Waals surface area contributed by atoms with Gasteiger partial charge in [0, 0.05) is 16.3 Å². The number of hydrogen-bond donors (Lipinski definition) is 2. The molecule has 1 aromatic heterocycles. The molecule has 2 aromatic rings. The maximum absolute atomic E-state index is 10.1. The van der Waals surface area contributed by atoms with Crippen molar-refractivity contribution in [1.29, 1.82) is 0 Å². The Morgan fingerprint density at radius 2 is 2.12 bits per heavy atom. The highest BCUT2D eigenvalue weighted by Gasteiger charge is 2.26. The van der Waals surface area contributed by atoms with Crippen molar-refractivity contribution in [1.82, 2.24) is 10.2 Å². The lowest BCUT2D eigenvalue weighted by Crippen LogP contribution is -2.22. The summed E-state index contributed by atoms with van der Waals surface area (Å²) in [4.78, 5) is 0. The smallest absolute Gasteiger partial charge is 0.0668 e. The van der Waals surface area contributed by atoms with Crippen molar-refractivity contribution < 1.29 is 5.11 Å². The number of aliphatic hydroxyl groups excluding tert-OH is 1. The standard InChI is InChI=1S/C13H15ClN2O/c14-8-5-10(9-3-1-2-4-13(9)17)11-7-15-16-12(11)6-8/h5-7,9,13,17H,1-4H2,(H,15,16)/t9-,13+/m1/s1. The van der Waals surface area contributed by atoms with Gasteiger partial charge in [-0.05, 0) is 30.5 Å². The predicted molar refractivity (Wildman–Crippen MR) is 68.3 cm³/mol. The average Bonchev–Trinajstić information content (AvgIpc) is 2.76. The van der Waals surface area contributed by atoms with E-state index < -0.39 is 0 Å². The highest BCUT2D eigenvalue weighted by molar-refractivity contribution is 6.31. The largest absolute Gasteiger partial charge is 0.392 e. The fraction of sp³-hybridized carbons (Fsp3) is 0.462. The van der Waals surface area contributed by atoms with Gasteiger partial charge < -0.3 is 5.11 Å². The molecule has 2 N–H and O–H groups in total. The van der Waals surface area contributed by atoms with Crippen LogP contribution in [0.3, 0.4) is 0 Å². The zero-order valence-corrected chi connectivity index (χ0v) is 10.2. The second kappa shape index (κ2) is 4.31. The Kier molecular flexibility index (Phi) is 2.81. The molecule has 1 fully saturated rings. The molecule has 1 saturated carbocycles. The second-order valence-electron chi connectivity index (χ2n) is 4.78. The Hall–Kier alpha value is -1.06. The van der Waals surface area contributed by atoms with Crippen LogP contribution in [-0.4, -0.2) is 21.4 Å².